The molecule has 0 amide bonds. The Hall–Kier alpha value is 7.90. The molecule has 13 nitrogen and oxygen atoms in total. The molecule has 0 fully saturated rings. The van der Waals surface area contributed by atoms with Crippen molar-refractivity contribution < 1.29 is 324 Å². The molecule has 0 aliphatic carbocycles. The maximum Gasteiger partial charge on any atom is 1.00 e. The monoisotopic (exact) mass is 1610 g/mol. The van der Waals surface area contributed by atoms with E-state index < -0.39 is 67.2 Å². The minimum Gasteiger partial charge on any atom is -0.870 e. The van der Waals surface area contributed by atoms with E-state index in [-0.39, 0.29) is 263 Å². The third-order valence-electron chi connectivity index (χ3n) is 0. The van der Waals surface area contributed by atoms with Crippen LogP contribution in [0, 0.1) is 154 Å². The molecule has 428 valence electrons. The molecule has 0 rings (SSSR count). The van der Waals surface area contributed by atoms with Crippen LogP contribution >= 0.6 is 0 Å². The van der Waals surface area contributed by atoms with E-state index in [2.05, 4.69) is 0 Å². The second kappa shape index (κ2) is 61.5. The molecule has 0 saturated carbocycles. The van der Waals surface area contributed by atoms with Gasteiger partial charge in [0.1, 0.15) is 0 Å². The second-order valence-corrected chi connectivity index (χ2v) is 25.7. The summed E-state index contributed by atoms with van der Waals surface area (Å²) >= 11 is 0. The summed E-state index contributed by atoms with van der Waals surface area (Å²) in [5.74, 6) is 0. The average molecular weight is 1610 g/mol. The standard InChI is InChI=1S/6C4H10O.6C4H9O.2K.H2O.4Tb/c12*1-4(2,3)5;;;;;;;/h6*5H,1-3H3;6*1-3H3;;;1H2;;;;/q;;;;;;6*-1;2*+1;;;;;/p-1. The van der Waals surface area contributed by atoms with Crippen LogP contribution in [0.15, 0.2) is 0 Å². The van der Waals surface area contributed by atoms with Crippen LogP contribution in [0.1, 0.15) is 249 Å². The van der Waals surface area contributed by atoms with Gasteiger partial charge < -0.3 is 66.8 Å². The number of hydrogen-bond donors (Lipinski definition) is 6. The van der Waals surface area contributed by atoms with Gasteiger partial charge in [-0.3, -0.25) is 0 Å². The summed E-state index contributed by atoms with van der Waals surface area (Å²) in [5.41, 5.74) is -7.50. The van der Waals surface area contributed by atoms with E-state index in [1.807, 2.05) is 0 Å². The molecule has 0 atom stereocenters. The minimum atomic E-state index is -0.750. The number of aliphatic hydroxyl groups is 6. The van der Waals surface area contributed by atoms with Gasteiger partial charge in [-0.05, 0) is 125 Å². The van der Waals surface area contributed by atoms with Crippen molar-refractivity contribution in [2.45, 2.75) is 316 Å². The molecule has 0 unspecified atom stereocenters. The van der Waals surface area contributed by atoms with Crippen molar-refractivity contribution in [2.75, 3.05) is 0 Å². The Bertz CT molecular complexity index is 524. The van der Waals surface area contributed by atoms with E-state index >= 15 is 0 Å². The Labute approximate surface area is 628 Å². The molecule has 0 spiro atoms. The molecule has 67 heavy (non-hydrogen) atoms. The fraction of sp³-hybridized carbons (Fsp3) is 1.00. The number of rotatable bonds is 0. The van der Waals surface area contributed by atoms with E-state index in [1.165, 1.54) is 0 Å². The topological polar surface area (TPSA) is 290 Å². The summed E-state index contributed by atoms with van der Waals surface area (Å²) in [5, 5.41) is 112. The van der Waals surface area contributed by atoms with Gasteiger partial charge in [0.05, 0.1) is 33.6 Å². The first-order chi connectivity index (χ1) is 24.0. The van der Waals surface area contributed by atoms with Crippen molar-refractivity contribution in [3.8, 4) is 0 Å². The molecule has 0 bridgehead atoms. The van der Waals surface area contributed by atoms with Gasteiger partial charge in [0.2, 0.25) is 0 Å². The summed E-state index contributed by atoms with van der Waals surface area (Å²) < 4.78 is 0. The predicted molar refractivity (Wildman–Crippen MR) is 252 cm³/mol. The zero-order valence-corrected chi connectivity index (χ0v) is 65.7. The molecule has 4 radical (unpaired) electrons. The summed E-state index contributed by atoms with van der Waals surface area (Å²) in [7, 11) is 0. The summed E-state index contributed by atoms with van der Waals surface area (Å²) in [4.78, 5) is 0. The largest absolute Gasteiger partial charge is 1.00 e. The maximum absolute atomic E-state index is 10.1. The SMILES string of the molecule is CC(C)(C)O.CC(C)(C)O.CC(C)(C)O.CC(C)(C)O.CC(C)(C)O.CC(C)(C)O.CC(C)(C)[O-].CC(C)(C)[O-].CC(C)(C)[O-].CC(C)(C)[O-].CC(C)(C)[O-].CC(C)(C)[O-].[K+].[K+].[OH-].[Tb].[Tb].[Tb].[Tb]. The van der Waals surface area contributed by atoms with Crippen molar-refractivity contribution in [1.82, 2.24) is 0 Å². The van der Waals surface area contributed by atoms with E-state index in [9.17, 15) is 30.6 Å². The van der Waals surface area contributed by atoms with Crippen LogP contribution in [0.4, 0.5) is 0 Å². The molecule has 0 aliphatic heterocycles. The molecule has 0 aliphatic rings. The van der Waals surface area contributed by atoms with E-state index in [4.69, 9.17) is 30.6 Å². The Morgan fingerprint density at radius 1 is 0.179 bits per heavy atom. The van der Waals surface area contributed by atoms with Crippen molar-refractivity contribution in [2.24, 2.45) is 0 Å². The van der Waals surface area contributed by atoms with Crippen molar-refractivity contribution in [1.29, 1.82) is 0 Å². The van der Waals surface area contributed by atoms with Gasteiger partial charge in [0.25, 0.3) is 0 Å². The average Bonchev–Trinajstić information content (AvgIpc) is 2.48. The quantitative estimate of drug-likeness (QED) is 0.165. The van der Waals surface area contributed by atoms with E-state index in [0.717, 1.165) is 0 Å². The van der Waals surface area contributed by atoms with Crippen LogP contribution in [0.2, 0.25) is 0 Å². The van der Waals surface area contributed by atoms with Crippen LogP contribution < -0.4 is 133 Å². The Morgan fingerprint density at radius 3 is 0.179 bits per heavy atom. The van der Waals surface area contributed by atoms with Gasteiger partial charge in [0, 0.05) is 154 Å². The normalized spacial score (nSPS) is 10.7. The molecule has 0 aromatic carbocycles. The van der Waals surface area contributed by atoms with Crippen molar-refractivity contribution >= 4 is 0 Å². The molecule has 0 heterocycles. The molecular formula is C48H115K2O13Tb4-5. The zero-order valence-electron chi connectivity index (χ0n) is 50.9. The zero-order chi connectivity index (χ0) is 54.0. The van der Waals surface area contributed by atoms with Gasteiger partial charge in [-0.25, -0.2) is 0 Å². The molecule has 0 aromatic heterocycles. The molecule has 0 aromatic rings. The van der Waals surface area contributed by atoms with Crippen LogP contribution in [-0.2, 0) is 0 Å². The summed E-state index contributed by atoms with van der Waals surface area (Å²) in [6.07, 6.45) is 0. The van der Waals surface area contributed by atoms with Crippen LogP contribution in [0.25, 0.3) is 0 Å². The van der Waals surface area contributed by atoms with Gasteiger partial charge in [-0.2, -0.15) is 0 Å². The molecule has 0 saturated heterocycles. The molecule has 7 N–H and O–H groups in total. The Morgan fingerprint density at radius 2 is 0.179 bits per heavy atom. The van der Waals surface area contributed by atoms with E-state index in [0.29, 0.717) is 0 Å². The smallest absolute Gasteiger partial charge is 0.870 e. The molecular weight excluding hydrogens is 1500 g/mol. The van der Waals surface area contributed by atoms with Gasteiger partial charge in [-0.15, -0.1) is 33.6 Å². The Balaban J connectivity index is -0.0000000219. The van der Waals surface area contributed by atoms with E-state index in [1.54, 1.807) is 249 Å². The summed E-state index contributed by atoms with van der Waals surface area (Å²) in [6.45, 7) is 60.7. The third-order valence-corrected chi connectivity index (χ3v) is 0. The fourth-order valence-corrected chi connectivity index (χ4v) is 0. The second-order valence-electron chi connectivity index (χ2n) is 25.7. The van der Waals surface area contributed by atoms with Crippen LogP contribution in [-0.4, -0.2) is 103 Å². The third kappa shape index (κ3) is 6130. The van der Waals surface area contributed by atoms with Crippen LogP contribution in [0.3, 0.4) is 0 Å². The van der Waals surface area contributed by atoms with Crippen molar-refractivity contribution in [3.63, 3.8) is 0 Å². The van der Waals surface area contributed by atoms with Gasteiger partial charge >= 0.3 is 103 Å². The van der Waals surface area contributed by atoms with Gasteiger partial charge in [-0.1, -0.05) is 125 Å². The maximum atomic E-state index is 10.1. The minimum absolute atomic E-state index is 0. The number of hydrogen-bond acceptors (Lipinski definition) is 13. The first-order valence-corrected chi connectivity index (χ1v) is 20.6. The van der Waals surface area contributed by atoms with Gasteiger partial charge in [0.15, 0.2) is 0 Å². The van der Waals surface area contributed by atoms with Crippen LogP contribution in [0.5, 0.6) is 0 Å². The first kappa shape index (κ1) is 131. The van der Waals surface area contributed by atoms with Crippen molar-refractivity contribution in [3.05, 3.63) is 0 Å². The summed E-state index contributed by atoms with van der Waals surface area (Å²) in [6, 6.07) is 0. The molecule has 19 heteroatoms. The predicted octanol–water partition coefficient (Wildman–Crippen LogP) is -0.634. The Kier molecular flexibility index (Phi) is 120. The first-order valence-electron chi connectivity index (χ1n) is 20.6. The fourth-order valence-electron chi connectivity index (χ4n) is 0.